The van der Waals surface area contributed by atoms with Gasteiger partial charge in [0.1, 0.15) is 0 Å². The lowest BCUT2D eigenvalue weighted by molar-refractivity contribution is -0.152. The number of aliphatic carboxylic acids is 1. The second kappa shape index (κ2) is 4.97. The minimum Gasteiger partial charge on any atom is -0.481 e. The molecule has 0 bridgehead atoms. The number of carboxylic acid groups (broad SMARTS) is 1. The number of benzene rings is 1. The minimum absolute atomic E-state index is 0.500. The molecule has 1 heterocycles. The molecule has 1 saturated carbocycles. The lowest BCUT2D eigenvalue weighted by Crippen LogP contribution is -2.42. The lowest BCUT2D eigenvalue weighted by Gasteiger charge is -2.36. The lowest BCUT2D eigenvalue weighted by atomic mass is 9.73. The summed E-state index contributed by atoms with van der Waals surface area (Å²) in [5.74, 6) is -0.594. The van der Waals surface area contributed by atoms with Gasteiger partial charge in [-0.15, -0.1) is 0 Å². The van der Waals surface area contributed by atoms with Gasteiger partial charge in [-0.1, -0.05) is 43.5 Å². The summed E-state index contributed by atoms with van der Waals surface area (Å²) in [5.41, 5.74) is 2.22. The average Bonchev–Trinajstić information content (AvgIpc) is 2.81. The van der Waals surface area contributed by atoms with Gasteiger partial charge in [0.2, 0.25) is 0 Å². The quantitative estimate of drug-likeness (QED) is 0.907. The van der Waals surface area contributed by atoms with Gasteiger partial charge in [-0.05, 0) is 24.0 Å². The summed E-state index contributed by atoms with van der Waals surface area (Å²) in [6.07, 6.45) is 5.00. The molecule has 3 rings (SSSR count). The van der Waals surface area contributed by atoms with Crippen molar-refractivity contribution >= 4 is 5.97 Å². The molecule has 19 heavy (non-hydrogen) atoms. The van der Waals surface area contributed by atoms with Crippen LogP contribution >= 0.6 is 0 Å². The third-order valence-electron chi connectivity index (χ3n) is 4.70. The number of carboxylic acids is 1. The van der Waals surface area contributed by atoms with E-state index < -0.39 is 11.4 Å². The van der Waals surface area contributed by atoms with E-state index in [1.165, 1.54) is 17.5 Å². The Kier molecular flexibility index (Phi) is 3.31. The summed E-state index contributed by atoms with van der Waals surface area (Å²) in [6, 6.07) is 8.44. The maximum atomic E-state index is 11.7. The van der Waals surface area contributed by atoms with Crippen molar-refractivity contribution in [2.45, 2.75) is 45.2 Å². The van der Waals surface area contributed by atoms with E-state index in [2.05, 4.69) is 29.2 Å². The summed E-state index contributed by atoms with van der Waals surface area (Å²) in [4.78, 5) is 14.0. The zero-order chi connectivity index (χ0) is 13.3. The minimum atomic E-state index is -0.594. The van der Waals surface area contributed by atoms with E-state index in [1.807, 2.05) is 0 Å². The Bertz CT molecular complexity index is 452. The molecule has 0 saturated heterocycles. The molecule has 1 aliphatic carbocycles. The maximum Gasteiger partial charge on any atom is 0.310 e. The zero-order valence-corrected chi connectivity index (χ0v) is 11.3. The number of fused-ring (bicyclic) bond motifs is 1. The van der Waals surface area contributed by atoms with Crippen molar-refractivity contribution in [3.63, 3.8) is 0 Å². The molecule has 0 unspecified atom stereocenters. The molecule has 1 aromatic rings. The van der Waals surface area contributed by atoms with Crippen LogP contribution in [-0.2, 0) is 17.9 Å². The molecule has 1 fully saturated rings. The fourth-order valence-corrected chi connectivity index (χ4v) is 3.61. The second-order valence-corrected chi connectivity index (χ2v) is 6.06. The predicted molar refractivity (Wildman–Crippen MR) is 73.7 cm³/mol. The van der Waals surface area contributed by atoms with Crippen molar-refractivity contribution in [1.82, 2.24) is 4.90 Å². The summed E-state index contributed by atoms with van der Waals surface area (Å²) >= 11 is 0. The largest absolute Gasteiger partial charge is 0.481 e. The number of rotatable bonds is 3. The fraction of sp³-hybridized carbons (Fsp3) is 0.562. The highest BCUT2D eigenvalue weighted by atomic mass is 16.4. The van der Waals surface area contributed by atoms with Crippen molar-refractivity contribution in [3.8, 4) is 0 Å². The zero-order valence-electron chi connectivity index (χ0n) is 11.3. The molecule has 0 amide bonds. The Balaban J connectivity index is 1.73. The van der Waals surface area contributed by atoms with Gasteiger partial charge in [0.25, 0.3) is 0 Å². The van der Waals surface area contributed by atoms with E-state index in [9.17, 15) is 9.90 Å². The van der Waals surface area contributed by atoms with Crippen molar-refractivity contribution in [2.24, 2.45) is 5.41 Å². The van der Waals surface area contributed by atoms with E-state index in [0.717, 1.165) is 38.8 Å². The van der Waals surface area contributed by atoms with Crippen LogP contribution < -0.4 is 0 Å². The van der Waals surface area contributed by atoms with Gasteiger partial charge < -0.3 is 5.11 Å². The van der Waals surface area contributed by atoms with E-state index >= 15 is 0 Å². The summed E-state index contributed by atoms with van der Waals surface area (Å²) in [5, 5.41) is 9.64. The van der Waals surface area contributed by atoms with Crippen LogP contribution in [0.1, 0.15) is 43.2 Å². The number of hydrogen-bond acceptors (Lipinski definition) is 2. The number of carbonyl (C=O) groups is 1. The number of hydrogen-bond donors (Lipinski definition) is 1. The molecular weight excluding hydrogens is 238 g/mol. The van der Waals surface area contributed by atoms with Crippen LogP contribution in [0.4, 0.5) is 0 Å². The normalized spacial score (nSPS) is 22.1. The fourth-order valence-electron chi connectivity index (χ4n) is 3.61. The Morgan fingerprint density at radius 3 is 2.21 bits per heavy atom. The molecule has 102 valence electrons. The first-order valence-corrected chi connectivity index (χ1v) is 7.22. The monoisotopic (exact) mass is 259 g/mol. The van der Waals surface area contributed by atoms with Crippen LogP contribution in [-0.4, -0.2) is 22.5 Å². The molecule has 0 atom stereocenters. The Labute approximate surface area is 114 Å². The van der Waals surface area contributed by atoms with Gasteiger partial charge in [0.15, 0.2) is 0 Å². The van der Waals surface area contributed by atoms with Crippen molar-refractivity contribution in [3.05, 3.63) is 35.4 Å². The van der Waals surface area contributed by atoms with Crippen LogP contribution in [0.25, 0.3) is 0 Å². The molecular formula is C16H21NO2. The first-order valence-electron chi connectivity index (χ1n) is 7.22. The van der Waals surface area contributed by atoms with Gasteiger partial charge >= 0.3 is 5.97 Å². The average molecular weight is 259 g/mol. The van der Waals surface area contributed by atoms with E-state index in [4.69, 9.17) is 0 Å². The SMILES string of the molecule is O=C(O)C1(CN2Cc3ccccc3C2)CCCCC1. The summed E-state index contributed by atoms with van der Waals surface area (Å²) in [6.45, 7) is 2.52. The Morgan fingerprint density at radius 1 is 1.11 bits per heavy atom. The van der Waals surface area contributed by atoms with Gasteiger partial charge in [-0.3, -0.25) is 9.69 Å². The molecule has 0 spiro atoms. The third kappa shape index (κ3) is 2.39. The van der Waals surface area contributed by atoms with E-state index in [1.54, 1.807) is 0 Å². The molecule has 1 aromatic carbocycles. The van der Waals surface area contributed by atoms with Gasteiger partial charge in [0, 0.05) is 19.6 Å². The highest BCUT2D eigenvalue weighted by Gasteiger charge is 2.41. The second-order valence-electron chi connectivity index (χ2n) is 6.06. The highest BCUT2D eigenvalue weighted by molar-refractivity contribution is 5.75. The van der Waals surface area contributed by atoms with Crippen LogP contribution in [0.15, 0.2) is 24.3 Å². The van der Waals surface area contributed by atoms with Crippen LogP contribution in [0.3, 0.4) is 0 Å². The van der Waals surface area contributed by atoms with Crippen molar-refractivity contribution in [1.29, 1.82) is 0 Å². The van der Waals surface area contributed by atoms with Gasteiger partial charge in [-0.2, -0.15) is 0 Å². The van der Waals surface area contributed by atoms with E-state index in [-0.39, 0.29) is 0 Å². The standard InChI is InChI=1S/C16H21NO2/c18-15(19)16(8-4-1-5-9-16)12-17-10-13-6-2-3-7-14(13)11-17/h2-3,6-7H,1,4-5,8-12H2,(H,18,19). The molecule has 0 radical (unpaired) electrons. The summed E-state index contributed by atoms with van der Waals surface area (Å²) < 4.78 is 0. The molecule has 2 aliphatic rings. The van der Waals surface area contributed by atoms with Crippen LogP contribution in [0.5, 0.6) is 0 Å². The van der Waals surface area contributed by atoms with Gasteiger partial charge in [0.05, 0.1) is 5.41 Å². The predicted octanol–water partition coefficient (Wildman–Crippen LogP) is 3.04. The summed E-state index contributed by atoms with van der Waals surface area (Å²) in [7, 11) is 0. The molecule has 1 aliphatic heterocycles. The van der Waals surface area contributed by atoms with Crippen molar-refractivity contribution in [2.75, 3.05) is 6.54 Å². The smallest absolute Gasteiger partial charge is 0.310 e. The number of nitrogens with zero attached hydrogens (tertiary/aromatic N) is 1. The Hall–Kier alpha value is -1.35. The first-order chi connectivity index (χ1) is 9.20. The van der Waals surface area contributed by atoms with Crippen LogP contribution in [0.2, 0.25) is 0 Å². The molecule has 3 heteroatoms. The topological polar surface area (TPSA) is 40.5 Å². The molecule has 0 aromatic heterocycles. The van der Waals surface area contributed by atoms with Crippen molar-refractivity contribution < 1.29 is 9.90 Å². The maximum absolute atomic E-state index is 11.7. The van der Waals surface area contributed by atoms with Crippen LogP contribution in [0, 0.1) is 5.41 Å². The van der Waals surface area contributed by atoms with Gasteiger partial charge in [-0.25, -0.2) is 0 Å². The molecule has 3 nitrogen and oxygen atoms in total. The first kappa shape index (κ1) is 12.7. The highest BCUT2D eigenvalue weighted by Crippen LogP contribution is 2.39. The third-order valence-corrected chi connectivity index (χ3v) is 4.70. The van der Waals surface area contributed by atoms with E-state index in [0.29, 0.717) is 6.54 Å². The Morgan fingerprint density at radius 2 is 1.68 bits per heavy atom. The molecule has 1 N–H and O–H groups in total.